The van der Waals surface area contributed by atoms with Gasteiger partial charge in [0.2, 0.25) is 5.91 Å². The van der Waals surface area contributed by atoms with Crippen molar-refractivity contribution < 1.29 is 22.9 Å². The van der Waals surface area contributed by atoms with Gasteiger partial charge in [0.15, 0.2) is 0 Å². The Morgan fingerprint density at radius 3 is 2.75 bits per heavy atom. The molecule has 1 saturated heterocycles. The zero-order valence-electron chi connectivity index (χ0n) is 13.1. The fourth-order valence-corrected chi connectivity index (χ4v) is 2.88. The molecule has 0 spiro atoms. The first-order chi connectivity index (χ1) is 11.2. The first-order valence-electron chi connectivity index (χ1n) is 7.53. The Morgan fingerprint density at radius 2 is 2.17 bits per heavy atom. The molecule has 24 heavy (non-hydrogen) atoms. The highest BCUT2D eigenvalue weighted by atomic mass is 19.4. The topological polar surface area (TPSA) is 75.5 Å². The largest absolute Gasteiger partial charge is 0.418 e. The zero-order valence-corrected chi connectivity index (χ0v) is 13.1. The Labute approximate surface area is 136 Å². The van der Waals surface area contributed by atoms with Crippen LogP contribution in [0.4, 0.5) is 24.5 Å². The molecule has 2 rings (SSSR count). The normalized spacial score (nSPS) is 18.3. The van der Waals surface area contributed by atoms with Gasteiger partial charge >= 0.3 is 6.18 Å². The van der Waals surface area contributed by atoms with Crippen molar-refractivity contribution in [2.75, 3.05) is 24.5 Å². The van der Waals surface area contributed by atoms with Crippen LogP contribution in [0.1, 0.15) is 25.3 Å². The van der Waals surface area contributed by atoms with Gasteiger partial charge in [-0.25, -0.2) is 0 Å². The number of amides is 1. The lowest BCUT2D eigenvalue weighted by Crippen LogP contribution is -2.41. The summed E-state index contributed by atoms with van der Waals surface area (Å²) in [5, 5.41) is 13.4. The van der Waals surface area contributed by atoms with Crippen molar-refractivity contribution in [3.63, 3.8) is 0 Å². The van der Waals surface area contributed by atoms with Gasteiger partial charge in [-0.2, -0.15) is 13.2 Å². The number of nitro groups is 1. The number of carbonyl (C=O) groups excluding carboxylic acids is 1. The van der Waals surface area contributed by atoms with Crippen LogP contribution >= 0.6 is 0 Å². The van der Waals surface area contributed by atoms with Gasteiger partial charge in [0.1, 0.15) is 0 Å². The van der Waals surface area contributed by atoms with E-state index in [9.17, 15) is 28.1 Å². The quantitative estimate of drug-likeness (QED) is 0.672. The minimum absolute atomic E-state index is 0.0407. The molecule has 0 aromatic heterocycles. The molecule has 1 aliphatic rings. The molecule has 0 bridgehead atoms. The van der Waals surface area contributed by atoms with Crippen LogP contribution in [0.15, 0.2) is 18.2 Å². The number of halogens is 3. The fraction of sp³-hybridized carbons (Fsp3) is 0.533. The lowest BCUT2D eigenvalue weighted by atomic mass is 9.96. The highest BCUT2D eigenvalue weighted by molar-refractivity contribution is 5.72. The van der Waals surface area contributed by atoms with Crippen LogP contribution in [0.2, 0.25) is 0 Å². The number of carbonyl (C=O) groups is 1. The molecule has 1 aromatic rings. The summed E-state index contributed by atoms with van der Waals surface area (Å²) in [7, 11) is 0. The average molecular weight is 345 g/mol. The van der Waals surface area contributed by atoms with E-state index in [0.29, 0.717) is 32.1 Å². The van der Waals surface area contributed by atoms with Crippen LogP contribution in [0.5, 0.6) is 0 Å². The second-order valence-electron chi connectivity index (χ2n) is 5.85. The smallest absolute Gasteiger partial charge is 0.371 e. The Bertz CT molecular complexity index is 634. The maximum absolute atomic E-state index is 13.3. The molecule has 0 aliphatic carbocycles. The molecule has 0 unspecified atom stereocenters. The second kappa shape index (κ2) is 7.06. The van der Waals surface area contributed by atoms with Gasteiger partial charge < -0.3 is 10.2 Å². The predicted octanol–water partition coefficient (Wildman–Crippen LogP) is 2.97. The molecular weight excluding hydrogens is 327 g/mol. The molecule has 1 N–H and O–H groups in total. The standard InChI is InChI=1S/C15H18F3N3O3/c1-10(22)19-8-11-3-2-6-20(9-11)14-5-4-12(21(23)24)7-13(14)15(16,17)18/h4-5,7,11H,2-3,6,8-9H2,1H3,(H,19,22)/t11-/m0/s1. The van der Waals surface area contributed by atoms with Crippen molar-refractivity contribution in [3.8, 4) is 0 Å². The molecule has 9 heteroatoms. The van der Waals surface area contributed by atoms with E-state index >= 15 is 0 Å². The molecule has 6 nitrogen and oxygen atoms in total. The molecule has 1 atom stereocenters. The first kappa shape index (κ1) is 18.0. The number of benzene rings is 1. The molecule has 132 valence electrons. The Morgan fingerprint density at radius 1 is 1.46 bits per heavy atom. The third-order valence-electron chi connectivity index (χ3n) is 4.00. The van der Waals surface area contributed by atoms with Crippen molar-refractivity contribution in [3.05, 3.63) is 33.9 Å². The summed E-state index contributed by atoms with van der Waals surface area (Å²) >= 11 is 0. The number of piperidine rings is 1. The summed E-state index contributed by atoms with van der Waals surface area (Å²) in [6.07, 6.45) is -3.17. The summed E-state index contributed by atoms with van der Waals surface area (Å²) in [6.45, 7) is 2.59. The van der Waals surface area contributed by atoms with E-state index in [1.54, 1.807) is 4.90 Å². The van der Waals surface area contributed by atoms with Gasteiger partial charge in [0, 0.05) is 44.4 Å². The van der Waals surface area contributed by atoms with Crippen LogP contribution < -0.4 is 10.2 Å². The second-order valence-corrected chi connectivity index (χ2v) is 5.85. The number of nitro benzene ring substituents is 1. The van der Waals surface area contributed by atoms with Gasteiger partial charge in [-0.15, -0.1) is 0 Å². The number of nitrogens with zero attached hydrogens (tertiary/aromatic N) is 2. The summed E-state index contributed by atoms with van der Waals surface area (Å²) in [5.41, 5.74) is -1.64. The summed E-state index contributed by atoms with van der Waals surface area (Å²) in [6, 6.07) is 2.82. The molecular formula is C15H18F3N3O3. The van der Waals surface area contributed by atoms with Crippen molar-refractivity contribution in [2.45, 2.75) is 25.9 Å². The third-order valence-corrected chi connectivity index (χ3v) is 4.00. The van der Waals surface area contributed by atoms with E-state index in [1.165, 1.54) is 6.92 Å². The number of rotatable bonds is 4. The maximum atomic E-state index is 13.3. The van der Waals surface area contributed by atoms with Crippen molar-refractivity contribution in [2.24, 2.45) is 5.92 Å². The lowest BCUT2D eigenvalue weighted by molar-refractivity contribution is -0.385. The number of non-ortho nitro benzene ring substituents is 1. The summed E-state index contributed by atoms with van der Waals surface area (Å²) in [4.78, 5) is 22.5. The highest BCUT2D eigenvalue weighted by Gasteiger charge is 2.37. The molecule has 1 heterocycles. The first-order valence-corrected chi connectivity index (χ1v) is 7.53. The SMILES string of the molecule is CC(=O)NC[C@@H]1CCCN(c2ccc([N+](=O)[O-])cc2C(F)(F)F)C1. The van der Waals surface area contributed by atoms with Crippen LogP contribution in [-0.2, 0) is 11.0 Å². The van der Waals surface area contributed by atoms with Gasteiger partial charge in [-0.1, -0.05) is 0 Å². The summed E-state index contributed by atoms with van der Waals surface area (Å²) in [5.74, 6) is -0.141. The monoisotopic (exact) mass is 345 g/mol. The van der Waals surface area contributed by atoms with Crippen LogP contribution in [-0.4, -0.2) is 30.5 Å². The third kappa shape index (κ3) is 4.36. The van der Waals surface area contributed by atoms with Gasteiger partial charge in [0.25, 0.3) is 5.69 Å². The lowest BCUT2D eigenvalue weighted by Gasteiger charge is -2.35. The molecule has 1 fully saturated rings. The van der Waals surface area contributed by atoms with E-state index in [4.69, 9.17) is 0 Å². The average Bonchev–Trinajstić information content (AvgIpc) is 2.51. The Kier molecular flexibility index (Phi) is 5.30. The predicted molar refractivity (Wildman–Crippen MR) is 81.7 cm³/mol. The van der Waals surface area contributed by atoms with Crippen molar-refractivity contribution >= 4 is 17.3 Å². The minimum Gasteiger partial charge on any atom is -0.371 e. The van der Waals surface area contributed by atoms with Crippen molar-refractivity contribution in [1.29, 1.82) is 0 Å². The molecule has 1 aromatic carbocycles. The molecule has 0 radical (unpaired) electrons. The summed E-state index contributed by atoms with van der Waals surface area (Å²) < 4.78 is 39.9. The fourth-order valence-electron chi connectivity index (χ4n) is 2.88. The number of hydrogen-bond acceptors (Lipinski definition) is 4. The minimum atomic E-state index is -4.67. The highest BCUT2D eigenvalue weighted by Crippen LogP contribution is 2.39. The van der Waals surface area contributed by atoms with E-state index in [2.05, 4.69) is 5.32 Å². The van der Waals surface area contributed by atoms with Crippen LogP contribution in [0.3, 0.4) is 0 Å². The molecule has 0 saturated carbocycles. The number of nitrogens with one attached hydrogen (secondary N) is 1. The van der Waals surface area contributed by atoms with E-state index < -0.39 is 22.4 Å². The maximum Gasteiger partial charge on any atom is 0.418 e. The Hall–Kier alpha value is -2.32. The molecule has 1 amide bonds. The van der Waals surface area contributed by atoms with Crippen LogP contribution in [0.25, 0.3) is 0 Å². The van der Waals surface area contributed by atoms with Gasteiger partial charge in [-0.05, 0) is 24.8 Å². The van der Waals surface area contributed by atoms with E-state index in [0.717, 1.165) is 18.6 Å². The number of hydrogen-bond donors (Lipinski definition) is 1. The van der Waals surface area contributed by atoms with Crippen LogP contribution in [0, 0.1) is 16.0 Å². The van der Waals surface area contributed by atoms with E-state index in [-0.39, 0.29) is 17.5 Å². The number of anilines is 1. The van der Waals surface area contributed by atoms with E-state index in [1.807, 2.05) is 0 Å². The van der Waals surface area contributed by atoms with Gasteiger partial charge in [-0.3, -0.25) is 14.9 Å². The zero-order chi connectivity index (χ0) is 17.9. The Balaban J connectivity index is 2.26. The van der Waals surface area contributed by atoms with Gasteiger partial charge in [0.05, 0.1) is 10.5 Å². The van der Waals surface area contributed by atoms with Crippen molar-refractivity contribution in [1.82, 2.24) is 5.32 Å². The molecule has 1 aliphatic heterocycles. The number of alkyl halides is 3.